The van der Waals surface area contributed by atoms with E-state index in [4.69, 9.17) is 0 Å². The van der Waals surface area contributed by atoms with Gasteiger partial charge >= 0.3 is 0 Å². The van der Waals surface area contributed by atoms with Gasteiger partial charge in [0.05, 0.1) is 0 Å². The van der Waals surface area contributed by atoms with Gasteiger partial charge in [-0.3, -0.25) is 0 Å². The Labute approximate surface area is 62.0 Å². The molecule has 4 fully saturated rings. The number of fused-ring (bicyclic) bond motifs is 1. The standard InChI is InChI=1S/C10H14/c1-6-2-8-4-9-3-7(1)10(8,9)5-6/h6-9H,1-5H2. The lowest BCUT2D eigenvalue weighted by Gasteiger charge is -2.66. The molecule has 4 saturated carbocycles. The molecule has 4 rings (SSSR count). The summed E-state index contributed by atoms with van der Waals surface area (Å²) in [5, 5.41) is 0. The van der Waals surface area contributed by atoms with Crippen LogP contribution in [0.2, 0.25) is 0 Å². The van der Waals surface area contributed by atoms with Crippen LogP contribution < -0.4 is 0 Å². The van der Waals surface area contributed by atoms with E-state index in [1.807, 2.05) is 0 Å². The Bertz CT molecular complexity index is 190. The van der Waals surface area contributed by atoms with E-state index < -0.39 is 0 Å². The monoisotopic (exact) mass is 134 g/mol. The van der Waals surface area contributed by atoms with Crippen molar-refractivity contribution in [3.05, 3.63) is 0 Å². The molecule has 2 bridgehead atoms. The molecule has 4 aliphatic rings. The molecule has 10 heavy (non-hydrogen) atoms. The molecule has 0 aromatic heterocycles. The summed E-state index contributed by atoms with van der Waals surface area (Å²) in [6.45, 7) is 0. The normalized spacial score (nSPS) is 74.4. The van der Waals surface area contributed by atoms with E-state index in [-0.39, 0.29) is 0 Å². The molecule has 0 nitrogen and oxygen atoms in total. The van der Waals surface area contributed by atoms with Crippen LogP contribution in [0.5, 0.6) is 0 Å². The largest absolute Gasteiger partial charge is 0.0470 e. The third-order valence-electron chi connectivity index (χ3n) is 5.30. The zero-order valence-electron chi connectivity index (χ0n) is 6.34. The van der Waals surface area contributed by atoms with Gasteiger partial charge in [-0.05, 0) is 61.2 Å². The summed E-state index contributed by atoms with van der Waals surface area (Å²) in [5.74, 6) is 4.89. The van der Waals surface area contributed by atoms with Gasteiger partial charge in [0, 0.05) is 0 Å². The molecule has 2 atom stereocenters. The third-order valence-corrected chi connectivity index (χ3v) is 5.30. The average Bonchev–Trinajstić information content (AvgIpc) is 2.32. The van der Waals surface area contributed by atoms with Crippen molar-refractivity contribution in [2.24, 2.45) is 29.1 Å². The molecule has 2 unspecified atom stereocenters. The van der Waals surface area contributed by atoms with Crippen LogP contribution in [0.4, 0.5) is 0 Å². The second-order valence-electron chi connectivity index (χ2n) is 5.22. The van der Waals surface area contributed by atoms with E-state index in [9.17, 15) is 0 Å². The summed E-state index contributed by atoms with van der Waals surface area (Å²) < 4.78 is 0. The van der Waals surface area contributed by atoms with Crippen molar-refractivity contribution in [1.29, 1.82) is 0 Å². The van der Waals surface area contributed by atoms with E-state index >= 15 is 0 Å². The maximum atomic E-state index is 1.66. The van der Waals surface area contributed by atoms with Crippen LogP contribution in [-0.4, -0.2) is 0 Å². The SMILES string of the molecule is C1C2CC3CC4CC1C34C2. The van der Waals surface area contributed by atoms with Gasteiger partial charge in [-0.15, -0.1) is 0 Å². The van der Waals surface area contributed by atoms with Gasteiger partial charge in [-0.25, -0.2) is 0 Å². The van der Waals surface area contributed by atoms with Gasteiger partial charge in [0.2, 0.25) is 0 Å². The molecule has 0 heteroatoms. The van der Waals surface area contributed by atoms with Gasteiger partial charge in [0.1, 0.15) is 0 Å². The quantitative estimate of drug-likeness (QED) is 0.477. The third kappa shape index (κ3) is 0.258. The summed E-state index contributed by atoms with van der Waals surface area (Å²) >= 11 is 0. The number of rotatable bonds is 0. The summed E-state index contributed by atoms with van der Waals surface area (Å²) in [5.41, 5.74) is 1.00. The van der Waals surface area contributed by atoms with Crippen molar-refractivity contribution in [3.8, 4) is 0 Å². The van der Waals surface area contributed by atoms with Gasteiger partial charge in [-0.1, -0.05) is 0 Å². The molecule has 0 aromatic rings. The van der Waals surface area contributed by atoms with E-state index in [1.54, 1.807) is 32.1 Å². The van der Waals surface area contributed by atoms with Crippen LogP contribution in [0, 0.1) is 29.1 Å². The van der Waals surface area contributed by atoms with Gasteiger partial charge in [0.15, 0.2) is 0 Å². The van der Waals surface area contributed by atoms with E-state index in [1.165, 1.54) is 23.7 Å². The van der Waals surface area contributed by atoms with Crippen LogP contribution in [0.1, 0.15) is 32.1 Å². The van der Waals surface area contributed by atoms with E-state index in [0.717, 1.165) is 5.41 Å². The molecule has 0 saturated heterocycles. The first-order valence-corrected chi connectivity index (χ1v) is 4.89. The summed E-state index contributed by atoms with van der Waals surface area (Å²) in [6, 6.07) is 0. The summed E-state index contributed by atoms with van der Waals surface area (Å²) in [7, 11) is 0. The van der Waals surface area contributed by atoms with Crippen LogP contribution in [-0.2, 0) is 0 Å². The minimum atomic E-state index is 1.00. The highest BCUT2D eigenvalue weighted by atomic mass is 14.8. The zero-order valence-corrected chi connectivity index (χ0v) is 6.34. The van der Waals surface area contributed by atoms with Crippen LogP contribution in [0.25, 0.3) is 0 Å². The van der Waals surface area contributed by atoms with Crippen molar-refractivity contribution in [2.45, 2.75) is 32.1 Å². The molecule has 1 spiro atoms. The van der Waals surface area contributed by atoms with E-state index in [2.05, 4.69) is 0 Å². The first-order chi connectivity index (χ1) is 4.89. The maximum Gasteiger partial charge on any atom is -0.0209 e. The molecular formula is C10H14. The molecule has 0 heterocycles. The first-order valence-electron chi connectivity index (χ1n) is 4.89. The lowest BCUT2D eigenvalue weighted by molar-refractivity contribution is -0.175. The van der Waals surface area contributed by atoms with Crippen molar-refractivity contribution < 1.29 is 0 Å². The highest BCUT2D eigenvalue weighted by Gasteiger charge is 2.72. The lowest BCUT2D eigenvalue weighted by Crippen LogP contribution is -2.59. The Morgan fingerprint density at radius 3 is 1.80 bits per heavy atom. The Morgan fingerprint density at radius 1 is 0.800 bits per heavy atom. The van der Waals surface area contributed by atoms with Crippen molar-refractivity contribution >= 4 is 0 Å². The molecule has 0 N–H and O–H groups in total. The zero-order chi connectivity index (χ0) is 6.34. The van der Waals surface area contributed by atoms with E-state index in [0.29, 0.717) is 0 Å². The Kier molecular flexibility index (Phi) is 0.522. The molecule has 4 aliphatic carbocycles. The minimum absolute atomic E-state index is 1.00. The highest BCUT2D eigenvalue weighted by Crippen LogP contribution is 2.81. The second-order valence-corrected chi connectivity index (χ2v) is 5.22. The molecular weight excluding hydrogens is 120 g/mol. The average molecular weight is 134 g/mol. The molecule has 0 aliphatic heterocycles. The van der Waals surface area contributed by atoms with Crippen molar-refractivity contribution in [3.63, 3.8) is 0 Å². The summed E-state index contributed by atoms with van der Waals surface area (Å²) in [6.07, 6.45) is 8.19. The van der Waals surface area contributed by atoms with Gasteiger partial charge in [0.25, 0.3) is 0 Å². The Balaban J connectivity index is 1.91. The fourth-order valence-electron chi connectivity index (χ4n) is 5.04. The van der Waals surface area contributed by atoms with Crippen LogP contribution in [0.3, 0.4) is 0 Å². The van der Waals surface area contributed by atoms with Crippen molar-refractivity contribution in [2.75, 3.05) is 0 Å². The van der Waals surface area contributed by atoms with Crippen LogP contribution in [0.15, 0.2) is 0 Å². The molecule has 0 radical (unpaired) electrons. The smallest absolute Gasteiger partial charge is 0.0209 e. The first kappa shape index (κ1) is 4.79. The topological polar surface area (TPSA) is 0 Å². The maximum absolute atomic E-state index is 1.66. The van der Waals surface area contributed by atoms with Gasteiger partial charge in [-0.2, -0.15) is 0 Å². The van der Waals surface area contributed by atoms with Crippen LogP contribution >= 0.6 is 0 Å². The Hall–Kier alpha value is 0. The fraction of sp³-hybridized carbons (Fsp3) is 1.00. The molecule has 0 amide bonds. The predicted octanol–water partition coefficient (Wildman–Crippen LogP) is 2.44. The predicted molar refractivity (Wildman–Crippen MR) is 39.5 cm³/mol. The summed E-state index contributed by atoms with van der Waals surface area (Å²) in [4.78, 5) is 0. The molecule has 54 valence electrons. The highest BCUT2D eigenvalue weighted by molar-refractivity contribution is 5.22. The number of hydrogen-bond acceptors (Lipinski definition) is 0. The second kappa shape index (κ2) is 1.09. The minimum Gasteiger partial charge on any atom is -0.0470 e. The Morgan fingerprint density at radius 2 is 1.40 bits per heavy atom. The lowest BCUT2D eigenvalue weighted by atomic mass is 9.38. The van der Waals surface area contributed by atoms with Crippen molar-refractivity contribution in [1.82, 2.24) is 0 Å². The number of hydrogen-bond donors (Lipinski definition) is 0. The van der Waals surface area contributed by atoms with Gasteiger partial charge < -0.3 is 0 Å². The molecule has 0 aromatic carbocycles. The fourth-order valence-corrected chi connectivity index (χ4v) is 5.04.